The highest BCUT2D eigenvalue weighted by Crippen LogP contribution is 2.41. The molecule has 1 unspecified atom stereocenters. The van der Waals surface area contributed by atoms with E-state index in [0.29, 0.717) is 17.0 Å². The van der Waals surface area contributed by atoms with Crippen molar-refractivity contribution >= 4 is 29.1 Å². The minimum absolute atomic E-state index is 0.0431. The summed E-state index contributed by atoms with van der Waals surface area (Å²) in [6.07, 6.45) is 2.13. The topological polar surface area (TPSA) is 66.9 Å². The molecule has 1 atom stereocenters. The van der Waals surface area contributed by atoms with Gasteiger partial charge in [0.05, 0.1) is 11.0 Å². The van der Waals surface area contributed by atoms with Gasteiger partial charge in [-0.05, 0) is 30.7 Å². The molecule has 0 spiro atoms. The van der Waals surface area contributed by atoms with Crippen LogP contribution in [0.25, 0.3) is 0 Å². The summed E-state index contributed by atoms with van der Waals surface area (Å²) in [7, 11) is 0. The molecule has 94 valence electrons. The Morgan fingerprint density at radius 3 is 2.94 bits per heavy atom. The second-order valence-electron chi connectivity index (χ2n) is 4.27. The standard InChI is InChI=1S/C12H11ClN2O2S/c13-10-2-3-11(15(16)17)9(6-10)7-12(8-14)4-1-5-18-12/h2-3,6H,1,4-5,7H2. The summed E-state index contributed by atoms with van der Waals surface area (Å²) in [6.45, 7) is 0. The van der Waals surface area contributed by atoms with Crippen molar-refractivity contribution in [3.05, 3.63) is 38.9 Å². The molecule has 1 aliphatic rings. The molecule has 1 aromatic carbocycles. The molecule has 2 rings (SSSR count). The molecule has 4 nitrogen and oxygen atoms in total. The van der Waals surface area contributed by atoms with Crippen molar-refractivity contribution in [1.82, 2.24) is 0 Å². The minimum atomic E-state index is -0.532. The van der Waals surface area contributed by atoms with Crippen molar-refractivity contribution in [2.75, 3.05) is 5.75 Å². The highest BCUT2D eigenvalue weighted by molar-refractivity contribution is 8.01. The van der Waals surface area contributed by atoms with Crippen LogP contribution in [-0.2, 0) is 6.42 Å². The van der Waals surface area contributed by atoms with Crippen LogP contribution >= 0.6 is 23.4 Å². The average molecular weight is 283 g/mol. The molecular formula is C12H11ClN2O2S. The molecule has 1 aliphatic heterocycles. The Bertz CT molecular complexity index is 521. The quantitative estimate of drug-likeness (QED) is 0.628. The number of nitrogens with zero attached hydrogens (tertiary/aromatic N) is 2. The van der Waals surface area contributed by atoms with Gasteiger partial charge < -0.3 is 0 Å². The van der Waals surface area contributed by atoms with Crippen molar-refractivity contribution in [1.29, 1.82) is 5.26 Å². The average Bonchev–Trinajstić information content (AvgIpc) is 2.78. The third-order valence-corrected chi connectivity index (χ3v) is 4.74. The van der Waals surface area contributed by atoms with E-state index >= 15 is 0 Å². The molecule has 0 radical (unpaired) electrons. The van der Waals surface area contributed by atoms with Crippen molar-refractivity contribution in [2.45, 2.75) is 24.0 Å². The highest BCUT2D eigenvalue weighted by Gasteiger charge is 2.36. The first-order valence-corrected chi connectivity index (χ1v) is 6.91. The van der Waals surface area contributed by atoms with Gasteiger partial charge in [0.15, 0.2) is 0 Å². The van der Waals surface area contributed by atoms with E-state index in [2.05, 4.69) is 6.07 Å². The van der Waals surface area contributed by atoms with Gasteiger partial charge in [0.2, 0.25) is 0 Å². The number of halogens is 1. The van der Waals surface area contributed by atoms with Crippen LogP contribution in [0, 0.1) is 21.4 Å². The fraction of sp³-hybridized carbons (Fsp3) is 0.417. The molecule has 0 aromatic heterocycles. The number of thioether (sulfide) groups is 1. The van der Waals surface area contributed by atoms with E-state index in [1.54, 1.807) is 17.8 Å². The molecular weight excluding hydrogens is 272 g/mol. The van der Waals surface area contributed by atoms with E-state index in [1.165, 1.54) is 12.1 Å². The Labute approximate surface area is 114 Å². The summed E-state index contributed by atoms with van der Waals surface area (Å²) in [5.41, 5.74) is 0.588. The predicted molar refractivity (Wildman–Crippen MR) is 71.8 cm³/mol. The summed E-state index contributed by atoms with van der Waals surface area (Å²) in [5.74, 6) is 0.932. The normalized spacial score (nSPS) is 22.7. The van der Waals surface area contributed by atoms with Crippen LogP contribution in [0.4, 0.5) is 5.69 Å². The highest BCUT2D eigenvalue weighted by atomic mass is 35.5. The fourth-order valence-electron chi connectivity index (χ4n) is 2.15. The summed E-state index contributed by atoms with van der Waals surface area (Å²) in [4.78, 5) is 10.6. The maximum absolute atomic E-state index is 11.0. The van der Waals surface area contributed by atoms with Gasteiger partial charge in [-0.3, -0.25) is 10.1 Å². The molecule has 1 heterocycles. The first-order valence-electron chi connectivity index (χ1n) is 5.54. The van der Waals surface area contributed by atoms with Gasteiger partial charge in [-0.2, -0.15) is 5.26 Å². The van der Waals surface area contributed by atoms with Crippen molar-refractivity contribution in [2.24, 2.45) is 0 Å². The number of nitro benzene ring substituents is 1. The summed E-state index contributed by atoms with van der Waals surface area (Å²) in [5, 5.41) is 20.7. The first kappa shape index (κ1) is 13.2. The first-order chi connectivity index (χ1) is 8.56. The molecule has 0 aliphatic carbocycles. The minimum Gasteiger partial charge on any atom is -0.258 e. The molecule has 0 amide bonds. The lowest BCUT2D eigenvalue weighted by atomic mass is 9.95. The molecule has 0 N–H and O–H groups in total. The predicted octanol–water partition coefficient (Wildman–Crippen LogP) is 3.58. The van der Waals surface area contributed by atoms with Crippen molar-refractivity contribution in [3.63, 3.8) is 0 Å². The van der Waals surface area contributed by atoms with E-state index in [4.69, 9.17) is 11.6 Å². The summed E-state index contributed by atoms with van der Waals surface area (Å²) >= 11 is 7.47. The Hall–Kier alpha value is -1.25. The number of nitro groups is 1. The molecule has 1 aromatic rings. The van der Waals surface area contributed by atoms with Crippen LogP contribution in [0.3, 0.4) is 0 Å². The van der Waals surface area contributed by atoms with E-state index in [0.717, 1.165) is 18.6 Å². The van der Waals surface area contributed by atoms with E-state index in [9.17, 15) is 15.4 Å². The summed E-state index contributed by atoms with van der Waals surface area (Å²) in [6, 6.07) is 6.81. The van der Waals surface area contributed by atoms with Crippen LogP contribution in [0.2, 0.25) is 5.02 Å². The number of hydrogen-bond acceptors (Lipinski definition) is 4. The zero-order valence-corrected chi connectivity index (χ0v) is 11.1. The van der Waals surface area contributed by atoms with Gasteiger partial charge in [-0.15, -0.1) is 11.8 Å². The van der Waals surface area contributed by atoms with Crippen molar-refractivity contribution in [3.8, 4) is 6.07 Å². The van der Waals surface area contributed by atoms with E-state index in [1.807, 2.05) is 0 Å². The Morgan fingerprint density at radius 2 is 2.39 bits per heavy atom. The van der Waals surface area contributed by atoms with Gasteiger partial charge in [-0.1, -0.05) is 11.6 Å². The van der Waals surface area contributed by atoms with E-state index < -0.39 is 9.67 Å². The number of benzene rings is 1. The van der Waals surface area contributed by atoms with Gasteiger partial charge in [0, 0.05) is 23.1 Å². The molecule has 1 saturated heterocycles. The Balaban J connectivity index is 2.36. The zero-order chi connectivity index (χ0) is 13.2. The maximum Gasteiger partial charge on any atom is 0.272 e. The zero-order valence-electron chi connectivity index (χ0n) is 9.56. The van der Waals surface area contributed by atoms with Crippen molar-refractivity contribution < 1.29 is 4.92 Å². The second kappa shape index (κ2) is 5.17. The molecule has 0 bridgehead atoms. The smallest absolute Gasteiger partial charge is 0.258 e. The largest absolute Gasteiger partial charge is 0.272 e. The lowest BCUT2D eigenvalue weighted by molar-refractivity contribution is -0.385. The van der Waals surface area contributed by atoms with Crippen LogP contribution < -0.4 is 0 Å². The van der Waals surface area contributed by atoms with Crippen LogP contribution in [-0.4, -0.2) is 15.4 Å². The van der Waals surface area contributed by atoms with Crippen LogP contribution in [0.1, 0.15) is 18.4 Å². The molecule has 18 heavy (non-hydrogen) atoms. The van der Waals surface area contributed by atoms with Gasteiger partial charge >= 0.3 is 0 Å². The van der Waals surface area contributed by atoms with Gasteiger partial charge in [0.25, 0.3) is 5.69 Å². The second-order valence-corrected chi connectivity index (χ2v) is 6.18. The Kier molecular flexibility index (Phi) is 3.79. The number of rotatable bonds is 3. The third-order valence-electron chi connectivity index (χ3n) is 3.02. The van der Waals surface area contributed by atoms with Gasteiger partial charge in [0.1, 0.15) is 4.75 Å². The van der Waals surface area contributed by atoms with Crippen LogP contribution in [0.5, 0.6) is 0 Å². The number of nitriles is 1. The Morgan fingerprint density at radius 1 is 1.61 bits per heavy atom. The molecule has 1 fully saturated rings. The van der Waals surface area contributed by atoms with E-state index in [-0.39, 0.29) is 5.69 Å². The monoisotopic (exact) mass is 282 g/mol. The SMILES string of the molecule is N#CC1(Cc2cc(Cl)ccc2[N+](=O)[O-])CCCS1. The maximum atomic E-state index is 11.0. The molecule has 0 saturated carbocycles. The lowest BCUT2D eigenvalue weighted by Gasteiger charge is -2.19. The number of hydrogen-bond donors (Lipinski definition) is 0. The van der Waals surface area contributed by atoms with Crippen LogP contribution in [0.15, 0.2) is 18.2 Å². The summed E-state index contributed by atoms with van der Waals surface area (Å²) < 4.78 is -0.532. The third kappa shape index (κ3) is 2.60. The fourth-order valence-corrected chi connectivity index (χ4v) is 3.63. The molecule has 6 heteroatoms. The lowest BCUT2D eigenvalue weighted by Crippen LogP contribution is -2.22. The van der Waals surface area contributed by atoms with Gasteiger partial charge in [-0.25, -0.2) is 0 Å².